The predicted molar refractivity (Wildman–Crippen MR) is 94.6 cm³/mol. The van der Waals surface area contributed by atoms with Crippen molar-refractivity contribution in [3.63, 3.8) is 0 Å². The molecule has 0 aliphatic carbocycles. The van der Waals surface area contributed by atoms with Crippen molar-refractivity contribution in [1.29, 1.82) is 5.26 Å². The maximum Gasteiger partial charge on any atom is 0.267 e. The Labute approximate surface area is 145 Å². The number of hydrogen-bond donors (Lipinski definition) is 4. The predicted octanol–water partition coefficient (Wildman–Crippen LogP) is 1.62. The molecule has 2 aromatic carbocycles. The number of nitriles is 1. The third-order valence-electron chi connectivity index (χ3n) is 3.40. The maximum absolute atomic E-state index is 12.3. The minimum absolute atomic E-state index is 0.0972. The van der Waals surface area contributed by atoms with E-state index in [2.05, 4.69) is 16.0 Å². The Balaban J connectivity index is 2.09. The van der Waals surface area contributed by atoms with Crippen LogP contribution in [-0.2, 0) is 9.59 Å². The zero-order valence-corrected chi connectivity index (χ0v) is 13.7. The number of hydrogen-bond acceptors (Lipinski definition) is 5. The Morgan fingerprint density at radius 1 is 1.16 bits per heavy atom. The molecule has 2 rings (SSSR count). The van der Waals surface area contributed by atoms with Crippen molar-refractivity contribution >= 4 is 28.3 Å². The van der Waals surface area contributed by atoms with Crippen LogP contribution in [0.25, 0.3) is 10.8 Å². The summed E-state index contributed by atoms with van der Waals surface area (Å²) in [6.07, 6.45) is 1.31. The first-order chi connectivity index (χ1) is 12.0. The minimum Gasteiger partial charge on any atom is -0.507 e. The van der Waals surface area contributed by atoms with Gasteiger partial charge in [0, 0.05) is 42.7 Å². The zero-order valence-electron chi connectivity index (χ0n) is 13.7. The first-order valence-electron chi connectivity index (χ1n) is 7.63. The first-order valence-corrected chi connectivity index (χ1v) is 7.63. The van der Waals surface area contributed by atoms with Crippen LogP contribution in [0.2, 0.25) is 0 Å². The molecule has 0 unspecified atom stereocenters. The second-order valence-electron chi connectivity index (χ2n) is 5.24. The van der Waals surface area contributed by atoms with Gasteiger partial charge in [0.1, 0.15) is 17.4 Å². The van der Waals surface area contributed by atoms with E-state index in [1.54, 1.807) is 36.4 Å². The van der Waals surface area contributed by atoms with Crippen LogP contribution in [0.15, 0.2) is 48.2 Å². The van der Waals surface area contributed by atoms with Crippen molar-refractivity contribution in [1.82, 2.24) is 10.6 Å². The van der Waals surface area contributed by atoms with Gasteiger partial charge >= 0.3 is 0 Å². The van der Waals surface area contributed by atoms with Gasteiger partial charge in [-0.3, -0.25) is 9.59 Å². The van der Waals surface area contributed by atoms with Crippen LogP contribution in [0.3, 0.4) is 0 Å². The van der Waals surface area contributed by atoms with Crippen molar-refractivity contribution in [2.75, 3.05) is 18.4 Å². The topological polar surface area (TPSA) is 114 Å². The van der Waals surface area contributed by atoms with Gasteiger partial charge in [0.25, 0.3) is 5.91 Å². The van der Waals surface area contributed by atoms with E-state index < -0.39 is 5.91 Å². The number of anilines is 1. The fraction of sp³-hybridized carbons (Fsp3) is 0.167. The van der Waals surface area contributed by atoms with Gasteiger partial charge in [0.05, 0.1) is 0 Å². The molecule has 0 spiro atoms. The quantitative estimate of drug-likeness (QED) is 0.363. The van der Waals surface area contributed by atoms with Gasteiger partial charge in [-0.2, -0.15) is 5.26 Å². The smallest absolute Gasteiger partial charge is 0.267 e. The summed E-state index contributed by atoms with van der Waals surface area (Å²) in [6, 6.07) is 12.0. The van der Waals surface area contributed by atoms with Crippen LogP contribution in [0.5, 0.6) is 5.75 Å². The van der Waals surface area contributed by atoms with E-state index in [1.807, 2.05) is 6.07 Å². The van der Waals surface area contributed by atoms with E-state index in [4.69, 9.17) is 5.26 Å². The monoisotopic (exact) mass is 338 g/mol. The van der Waals surface area contributed by atoms with E-state index >= 15 is 0 Å². The summed E-state index contributed by atoms with van der Waals surface area (Å²) >= 11 is 0. The van der Waals surface area contributed by atoms with Crippen molar-refractivity contribution in [2.45, 2.75) is 6.92 Å². The van der Waals surface area contributed by atoms with Crippen molar-refractivity contribution in [2.24, 2.45) is 0 Å². The number of nitrogens with one attached hydrogen (secondary N) is 3. The van der Waals surface area contributed by atoms with E-state index in [9.17, 15) is 14.7 Å². The standard InChI is InChI=1S/C18H18N4O3/c1-12(23)21-9-8-20-11-13(10-19)18(25)22-16-6-2-5-15-14(16)4-3-7-17(15)24/h2-7,11,20,24H,8-9H2,1H3,(H,21,23)(H,22,25)/b13-11-. The van der Waals surface area contributed by atoms with Gasteiger partial charge in [-0.05, 0) is 12.1 Å². The molecule has 0 bridgehead atoms. The molecule has 4 N–H and O–H groups in total. The number of nitrogens with zero attached hydrogens (tertiary/aromatic N) is 1. The van der Waals surface area contributed by atoms with Gasteiger partial charge in [-0.25, -0.2) is 0 Å². The first kappa shape index (κ1) is 17.8. The van der Waals surface area contributed by atoms with Gasteiger partial charge in [-0.1, -0.05) is 24.3 Å². The molecule has 0 atom stereocenters. The summed E-state index contributed by atoms with van der Waals surface area (Å²) in [6.45, 7) is 2.18. The Hall–Kier alpha value is -3.53. The number of phenols is 1. The van der Waals surface area contributed by atoms with Crippen molar-refractivity contribution < 1.29 is 14.7 Å². The molecule has 0 aromatic heterocycles. The summed E-state index contributed by atoms with van der Waals surface area (Å²) < 4.78 is 0. The molecule has 7 nitrogen and oxygen atoms in total. The van der Waals surface area contributed by atoms with Crippen LogP contribution in [0.4, 0.5) is 5.69 Å². The van der Waals surface area contributed by atoms with E-state index in [-0.39, 0.29) is 17.2 Å². The molecule has 0 fully saturated rings. The maximum atomic E-state index is 12.3. The molecule has 0 aliphatic rings. The molecule has 2 aromatic rings. The Kier molecular flexibility index (Phi) is 5.96. The molecule has 0 saturated heterocycles. The summed E-state index contributed by atoms with van der Waals surface area (Å²) in [4.78, 5) is 23.0. The van der Waals surface area contributed by atoms with Crippen LogP contribution in [0, 0.1) is 11.3 Å². The molecule has 0 aliphatic heterocycles. The Bertz CT molecular complexity index is 868. The van der Waals surface area contributed by atoms with Gasteiger partial charge in [0.15, 0.2) is 0 Å². The fourth-order valence-corrected chi connectivity index (χ4v) is 2.23. The molecular formula is C18H18N4O3. The molecule has 25 heavy (non-hydrogen) atoms. The highest BCUT2D eigenvalue weighted by molar-refractivity contribution is 6.11. The molecule has 0 heterocycles. The highest BCUT2D eigenvalue weighted by Gasteiger charge is 2.11. The Morgan fingerprint density at radius 2 is 1.88 bits per heavy atom. The fourth-order valence-electron chi connectivity index (χ4n) is 2.23. The lowest BCUT2D eigenvalue weighted by Crippen LogP contribution is -2.28. The van der Waals surface area contributed by atoms with Crippen LogP contribution in [-0.4, -0.2) is 30.0 Å². The zero-order chi connectivity index (χ0) is 18.2. The molecular weight excluding hydrogens is 320 g/mol. The number of amides is 2. The molecule has 7 heteroatoms. The van der Waals surface area contributed by atoms with Crippen LogP contribution < -0.4 is 16.0 Å². The summed E-state index contributed by atoms with van der Waals surface area (Å²) in [5, 5.41) is 28.4. The number of phenolic OH excluding ortho intramolecular Hbond substituents is 1. The van der Waals surface area contributed by atoms with E-state index in [1.165, 1.54) is 13.1 Å². The second kappa shape index (κ2) is 8.36. The van der Waals surface area contributed by atoms with Crippen LogP contribution in [0.1, 0.15) is 6.92 Å². The van der Waals surface area contributed by atoms with Gasteiger partial charge in [0.2, 0.25) is 5.91 Å². The van der Waals surface area contributed by atoms with Crippen molar-refractivity contribution in [3.05, 3.63) is 48.2 Å². The van der Waals surface area contributed by atoms with E-state index in [0.29, 0.717) is 29.5 Å². The summed E-state index contributed by atoms with van der Waals surface area (Å²) in [5.41, 5.74) is 0.401. The molecule has 128 valence electrons. The average Bonchev–Trinajstić information content (AvgIpc) is 2.58. The van der Waals surface area contributed by atoms with Crippen molar-refractivity contribution in [3.8, 4) is 11.8 Å². The number of carbonyl (C=O) groups excluding carboxylic acids is 2. The highest BCUT2D eigenvalue weighted by Crippen LogP contribution is 2.29. The number of carbonyl (C=O) groups is 2. The lowest BCUT2D eigenvalue weighted by molar-refractivity contribution is -0.119. The number of fused-ring (bicyclic) bond motifs is 1. The van der Waals surface area contributed by atoms with Gasteiger partial charge < -0.3 is 21.1 Å². The molecule has 0 radical (unpaired) electrons. The Morgan fingerprint density at radius 3 is 2.60 bits per heavy atom. The van der Waals surface area contributed by atoms with E-state index in [0.717, 1.165) is 0 Å². The number of rotatable bonds is 6. The summed E-state index contributed by atoms with van der Waals surface area (Å²) in [5.74, 6) is -0.599. The minimum atomic E-state index is -0.564. The lowest BCUT2D eigenvalue weighted by Gasteiger charge is -2.09. The highest BCUT2D eigenvalue weighted by atomic mass is 16.3. The van der Waals surface area contributed by atoms with Gasteiger partial charge in [-0.15, -0.1) is 0 Å². The third kappa shape index (κ3) is 4.72. The lowest BCUT2D eigenvalue weighted by atomic mass is 10.1. The normalized spacial score (nSPS) is 10.8. The van der Waals surface area contributed by atoms with Crippen LogP contribution >= 0.6 is 0 Å². The SMILES string of the molecule is CC(=O)NCCN/C=C(/C#N)C(=O)Nc1cccc2c(O)cccc12. The largest absolute Gasteiger partial charge is 0.507 e. The molecule has 2 amide bonds. The number of aromatic hydroxyl groups is 1. The number of benzene rings is 2. The third-order valence-corrected chi connectivity index (χ3v) is 3.40. The average molecular weight is 338 g/mol. The summed E-state index contributed by atoms with van der Waals surface area (Å²) in [7, 11) is 0. The molecule has 0 saturated carbocycles. The second-order valence-corrected chi connectivity index (χ2v) is 5.24.